The Kier molecular flexibility index (Phi) is 8.77. The van der Waals surface area contributed by atoms with Crippen LogP contribution in [-0.4, -0.2) is 34.2 Å². The first-order valence-corrected chi connectivity index (χ1v) is 8.56. The van der Waals surface area contributed by atoms with Crippen LogP contribution in [0.15, 0.2) is 66.3 Å². The molecular weight excluding hydrogens is 493 g/mol. The molecule has 2 N–H and O–H groups in total. The number of hydrogen-bond donors (Lipinski definition) is 2. The van der Waals surface area contributed by atoms with Crippen LogP contribution in [0.2, 0.25) is 0 Å². The van der Waals surface area contributed by atoms with Gasteiger partial charge in [0.1, 0.15) is 17.9 Å². The average molecular weight is 514 g/mol. The topological polar surface area (TPSA) is 76.4 Å². The van der Waals surface area contributed by atoms with E-state index in [0.717, 1.165) is 11.4 Å². The molecule has 0 saturated carbocycles. The Labute approximate surface area is 184 Å². The van der Waals surface area contributed by atoms with E-state index in [0.29, 0.717) is 24.6 Å². The number of nitrogens with zero attached hydrogens (tertiary/aromatic N) is 4. The van der Waals surface area contributed by atoms with E-state index in [4.69, 9.17) is 0 Å². The predicted octanol–water partition coefficient (Wildman–Crippen LogP) is 3.35. The molecule has 0 spiro atoms. The lowest BCUT2D eigenvalue weighted by Gasteiger charge is -2.14. The molecule has 2 aromatic heterocycles. The molecule has 0 aliphatic rings. The number of ether oxygens (including phenoxy) is 1. The lowest BCUT2D eigenvalue weighted by molar-refractivity contribution is -0.0504. The summed E-state index contributed by atoms with van der Waals surface area (Å²) < 4.78 is 31.4. The highest BCUT2D eigenvalue weighted by atomic mass is 127. The van der Waals surface area contributed by atoms with Crippen molar-refractivity contribution in [3.8, 4) is 11.6 Å². The summed E-state index contributed by atoms with van der Waals surface area (Å²) in [5.74, 6) is 1.44. The third-order valence-electron chi connectivity index (χ3n) is 3.90. The van der Waals surface area contributed by atoms with Gasteiger partial charge >= 0.3 is 6.61 Å². The molecule has 0 radical (unpaired) electrons. The number of guanidine groups is 1. The fourth-order valence-electron chi connectivity index (χ4n) is 2.55. The molecule has 0 bridgehead atoms. The Balaban J connectivity index is 0.00000300. The van der Waals surface area contributed by atoms with E-state index < -0.39 is 6.61 Å². The van der Waals surface area contributed by atoms with Crippen LogP contribution in [-0.2, 0) is 13.1 Å². The van der Waals surface area contributed by atoms with Gasteiger partial charge in [-0.05, 0) is 23.8 Å². The zero-order valence-electron chi connectivity index (χ0n) is 15.6. The summed E-state index contributed by atoms with van der Waals surface area (Å²) in [5.41, 5.74) is 1.61. The minimum absolute atomic E-state index is 0. The van der Waals surface area contributed by atoms with Gasteiger partial charge in [-0.1, -0.05) is 18.2 Å². The minimum atomic E-state index is -2.87. The normalized spacial score (nSPS) is 11.1. The van der Waals surface area contributed by atoms with E-state index in [2.05, 4.69) is 30.3 Å². The maximum Gasteiger partial charge on any atom is 0.387 e. The van der Waals surface area contributed by atoms with E-state index in [1.54, 1.807) is 44.0 Å². The molecule has 0 fully saturated rings. The Hall–Kier alpha value is -2.76. The molecule has 154 valence electrons. The van der Waals surface area contributed by atoms with Crippen LogP contribution in [0.5, 0.6) is 5.75 Å². The van der Waals surface area contributed by atoms with E-state index >= 15 is 0 Å². The zero-order valence-corrected chi connectivity index (χ0v) is 18.0. The molecule has 0 aliphatic carbocycles. The smallest absolute Gasteiger partial charge is 0.387 e. The Morgan fingerprint density at radius 2 is 1.97 bits per heavy atom. The SMILES string of the molecule is CN=C(NCc1ccnc(-n2ccnc2)c1)NCc1ccccc1OC(F)F.I. The monoisotopic (exact) mass is 514 g/mol. The first kappa shape index (κ1) is 22.5. The Morgan fingerprint density at radius 3 is 2.69 bits per heavy atom. The maximum absolute atomic E-state index is 12.5. The van der Waals surface area contributed by atoms with Crippen molar-refractivity contribution in [3.05, 3.63) is 72.4 Å². The summed E-state index contributed by atoms with van der Waals surface area (Å²) in [5, 5.41) is 6.28. The van der Waals surface area contributed by atoms with Crippen LogP contribution in [0.25, 0.3) is 5.82 Å². The highest BCUT2D eigenvalue weighted by Gasteiger charge is 2.09. The van der Waals surface area contributed by atoms with Gasteiger partial charge in [-0.25, -0.2) is 9.97 Å². The predicted molar refractivity (Wildman–Crippen MR) is 117 cm³/mol. The van der Waals surface area contributed by atoms with Gasteiger partial charge in [0.05, 0.1) is 0 Å². The van der Waals surface area contributed by atoms with Gasteiger partial charge in [0.15, 0.2) is 5.96 Å². The molecule has 3 aromatic rings. The van der Waals surface area contributed by atoms with Crippen LogP contribution in [0, 0.1) is 0 Å². The molecule has 3 rings (SSSR count). The van der Waals surface area contributed by atoms with Crippen LogP contribution in [0.4, 0.5) is 8.78 Å². The average Bonchev–Trinajstić information content (AvgIpc) is 3.24. The van der Waals surface area contributed by atoms with Crippen LogP contribution >= 0.6 is 24.0 Å². The summed E-state index contributed by atoms with van der Waals surface area (Å²) in [7, 11) is 1.64. The summed E-state index contributed by atoms with van der Waals surface area (Å²) in [6, 6.07) is 10.5. The van der Waals surface area contributed by atoms with Crippen molar-refractivity contribution in [2.75, 3.05) is 7.05 Å². The highest BCUT2D eigenvalue weighted by Crippen LogP contribution is 2.19. The second-order valence-corrected chi connectivity index (χ2v) is 5.76. The van der Waals surface area contributed by atoms with E-state index in [-0.39, 0.29) is 29.7 Å². The maximum atomic E-state index is 12.5. The van der Waals surface area contributed by atoms with Gasteiger partial charge in [-0.2, -0.15) is 8.78 Å². The lowest BCUT2D eigenvalue weighted by atomic mass is 10.2. The largest absolute Gasteiger partial charge is 0.434 e. The molecule has 7 nitrogen and oxygen atoms in total. The minimum Gasteiger partial charge on any atom is -0.434 e. The molecule has 0 atom stereocenters. The standard InChI is InChI=1S/C19H20F2N6O.HI/c1-22-19(26-12-15-4-2-3-5-16(15)28-18(20)21)25-11-14-6-7-24-17(10-14)27-9-8-23-13-27;/h2-10,13,18H,11-12H2,1H3,(H2,22,25,26);1H. The summed E-state index contributed by atoms with van der Waals surface area (Å²) in [4.78, 5) is 12.5. The van der Waals surface area contributed by atoms with Crippen LogP contribution in [0.1, 0.15) is 11.1 Å². The van der Waals surface area contributed by atoms with Gasteiger partial charge < -0.3 is 15.4 Å². The van der Waals surface area contributed by atoms with Crippen LogP contribution in [0.3, 0.4) is 0 Å². The van der Waals surface area contributed by atoms with Gasteiger partial charge in [0, 0.05) is 44.3 Å². The molecule has 2 heterocycles. The van der Waals surface area contributed by atoms with Gasteiger partial charge in [-0.3, -0.25) is 9.56 Å². The van der Waals surface area contributed by atoms with Crippen molar-refractivity contribution < 1.29 is 13.5 Å². The molecule has 0 unspecified atom stereocenters. The number of benzene rings is 1. The molecule has 0 amide bonds. The molecule has 0 aliphatic heterocycles. The number of alkyl halides is 2. The van der Waals surface area contributed by atoms with Crippen molar-refractivity contribution in [3.63, 3.8) is 0 Å². The van der Waals surface area contributed by atoms with E-state index in [1.165, 1.54) is 6.07 Å². The third kappa shape index (κ3) is 6.66. The number of aliphatic imine (C=N–C) groups is 1. The van der Waals surface area contributed by atoms with Crippen molar-refractivity contribution in [1.82, 2.24) is 25.2 Å². The summed E-state index contributed by atoms with van der Waals surface area (Å²) in [6.45, 7) is -2.06. The first-order valence-electron chi connectivity index (χ1n) is 8.56. The van der Waals surface area contributed by atoms with Crippen LogP contribution < -0.4 is 15.4 Å². The first-order chi connectivity index (χ1) is 13.7. The van der Waals surface area contributed by atoms with Gasteiger partial charge in [-0.15, -0.1) is 24.0 Å². The van der Waals surface area contributed by atoms with E-state index in [9.17, 15) is 8.78 Å². The van der Waals surface area contributed by atoms with Crippen molar-refractivity contribution in [2.24, 2.45) is 4.99 Å². The fraction of sp³-hybridized carbons (Fsp3) is 0.211. The number of nitrogens with one attached hydrogen (secondary N) is 2. The number of aromatic nitrogens is 3. The quantitative estimate of drug-likeness (QED) is 0.288. The second-order valence-electron chi connectivity index (χ2n) is 5.76. The second kappa shape index (κ2) is 11.3. The Morgan fingerprint density at radius 1 is 1.17 bits per heavy atom. The molecule has 0 saturated heterocycles. The highest BCUT2D eigenvalue weighted by molar-refractivity contribution is 14.0. The third-order valence-corrected chi connectivity index (χ3v) is 3.90. The van der Waals surface area contributed by atoms with Gasteiger partial charge in [0.2, 0.25) is 0 Å². The molecular formula is C19H21F2IN6O. The summed E-state index contributed by atoms with van der Waals surface area (Å²) >= 11 is 0. The number of halogens is 3. The number of imidazole rings is 1. The van der Waals surface area contributed by atoms with E-state index in [1.807, 2.05) is 22.9 Å². The Bertz CT molecular complexity index is 921. The fourth-order valence-corrected chi connectivity index (χ4v) is 2.55. The summed E-state index contributed by atoms with van der Waals surface area (Å²) in [6.07, 6.45) is 6.91. The van der Waals surface area contributed by atoms with Crippen molar-refractivity contribution >= 4 is 29.9 Å². The van der Waals surface area contributed by atoms with Crippen molar-refractivity contribution in [2.45, 2.75) is 19.7 Å². The zero-order chi connectivity index (χ0) is 19.8. The van der Waals surface area contributed by atoms with Gasteiger partial charge in [0.25, 0.3) is 0 Å². The van der Waals surface area contributed by atoms with Crippen molar-refractivity contribution in [1.29, 1.82) is 0 Å². The number of para-hydroxylation sites is 1. The molecule has 10 heteroatoms. The number of hydrogen-bond acceptors (Lipinski definition) is 4. The molecule has 1 aromatic carbocycles. The molecule has 29 heavy (non-hydrogen) atoms. The lowest BCUT2D eigenvalue weighted by Crippen LogP contribution is -2.36. The number of pyridine rings is 1. The number of rotatable bonds is 7.